The molecular weight excluding hydrogens is 335 g/mol. The quantitative estimate of drug-likeness (QED) is 0.655. The van der Waals surface area contributed by atoms with E-state index in [1.807, 2.05) is 0 Å². The summed E-state index contributed by atoms with van der Waals surface area (Å²) in [6, 6.07) is 0. The molecule has 0 spiro atoms. The summed E-state index contributed by atoms with van der Waals surface area (Å²) in [5.74, 6) is 0. The third-order valence-electron chi connectivity index (χ3n) is 2.03. The summed E-state index contributed by atoms with van der Waals surface area (Å²) in [6.07, 6.45) is 1.26. The van der Waals surface area contributed by atoms with Gasteiger partial charge in [0.05, 0.1) is 0 Å². The fraction of sp³-hybridized carbons (Fsp3) is 0.857. The van der Waals surface area contributed by atoms with Gasteiger partial charge in [-0.25, -0.2) is 0 Å². The molecule has 1 aliphatic heterocycles. The first-order chi connectivity index (χ1) is 6.25. The molecule has 0 aliphatic carbocycles. The molecule has 7 heteroatoms. The molecule has 0 aromatic heterocycles. The van der Waals surface area contributed by atoms with Gasteiger partial charge in [0.15, 0.2) is 0 Å². The molecule has 1 aliphatic rings. The van der Waals surface area contributed by atoms with Crippen LogP contribution in [0.1, 0.15) is 6.92 Å². The first-order valence-corrected chi connectivity index (χ1v) is 17.5. The van der Waals surface area contributed by atoms with Crippen molar-refractivity contribution in [3.8, 4) is 0 Å². The van der Waals surface area contributed by atoms with Gasteiger partial charge in [-0.05, 0) is 0 Å². The average molecular weight is 351 g/mol. The number of halogens is 3. The Hall–Kier alpha value is 1.70. The van der Waals surface area contributed by atoms with E-state index >= 15 is 0 Å². The Morgan fingerprint density at radius 2 is 1.71 bits per heavy atom. The molecule has 0 saturated heterocycles. The van der Waals surface area contributed by atoms with Crippen molar-refractivity contribution < 1.29 is 18.2 Å². The zero-order valence-electron chi connectivity index (χ0n) is 9.07. The van der Waals surface area contributed by atoms with Crippen LogP contribution in [-0.2, 0) is 18.2 Å². The molecule has 0 N–H and O–H groups in total. The van der Waals surface area contributed by atoms with Crippen molar-refractivity contribution in [2.45, 2.75) is 32.9 Å². The van der Waals surface area contributed by atoms with Crippen molar-refractivity contribution >= 4 is 46.3 Å². The predicted octanol–water partition coefficient (Wildman–Crippen LogP) is 3.48. The van der Waals surface area contributed by atoms with E-state index in [4.69, 9.17) is 25.5 Å². The molecule has 0 radical (unpaired) electrons. The van der Waals surface area contributed by atoms with Crippen molar-refractivity contribution in [2.24, 2.45) is 0 Å². The second-order valence-corrected chi connectivity index (χ2v) is 20.2. The Morgan fingerprint density at radius 1 is 1.29 bits per heavy atom. The van der Waals surface area contributed by atoms with E-state index in [-0.39, 0.29) is 0 Å². The fourth-order valence-electron chi connectivity index (χ4n) is 1.55. The van der Waals surface area contributed by atoms with E-state index < -0.39 is 26.4 Å². The van der Waals surface area contributed by atoms with Crippen LogP contribution >= 0.6 is 25.5 Å². The van der Waals surface area contributed by atoms with E-state index in [0.717, 1.165) is 0 Å². The van der Waals surface area contributed by atoms with Gasteiger partial charge in [0, 0.05) is 0 Å². The van der Waals surface area contributed by atoms with Crippen LogP contribution in [-0.4, -0.2) is 31.9 Å². The van der Waals surface area contributed by atoms with Crippen LogP contribution in [0.3, 0.4) is 0 Å². The van der Waals surface area contributed by atoms with E-state index in [1.54, 1.807) is 0 Å². The van der Waals surface area contributed by atoms with Gasteiger partial charge in [0.25, 0.3) is 0 Å². The summed E-state index contributed by atoms with van der Waals surface area (Å²) in [4.78, 5) is 0. The monoisotopic (exact) mass is 348 g/mol. The Balaban J connectivity index is 0.000000364. The SMILES string of the molecule is CC1=BCCN1[Si](C)(C)C.[Cl][Zr]([Cl])[Cl]. The van der Waals surface area contributed by atoms with E-state index in [0.29, 0.717) is 0 Å². The molecule has 1 rings (SSSR count). The molecular formula is C7H16BCl3NSiZr. The van der Waals surface area contributed by atoms with Crippen molar-refractivity contribution in [1.29, 1.82) is 0 Å². The molecule has 0 atom stereocenters. The van der Waals surface area contributed by atoms with Crippen molar-refractivity contribution in [3.63, 3.8) is 0 Å². The topological polar surface area (TPSA) is 3.24 Å². The first kappa shape index (κ1) is 15.7. The second-order valence-electron chi connectivity index (χ2n) is 4.17. The van der Waals surface area contributed by atoms with Crippen LogP contribution in [0.15, 0.2) is 0 Å². The van der Waals surface area contributed by atoms with Gasteiger partial charge in [-0.3, -0.25) is 0 Å². The van der Waals surface area contributed by atoms with Gasteiger partial charge in [-0.15, -0.1) is 0 Å². The summed E-state index contributed by atoms with van der Waals surface area (Å²) in [7, 11) is 14.0. The molecule has 1 heterocycles. The average Bonchev–Trinajstić information content (AvgIpc) is 2.31. The van der Waals surface area contributed by atoms with Crippen molar-refractivity contribution in [1.82, 2.24) is 4.57 Å². The molecule has 81 valence electrons. The molecule has 0 aromatic carbocycles. The van der Waals surface area contributed by atoms with Crippen LogP contribution in [0.2, 0.25) is 26.0 Å². The molecule has 0 bridgehead atoms. The number of nitrogens with zero attached hydrogens (tertiary/aromatic N) is 1. The molecule has 0 fully saturated rings. The zero-order valence-corrected chi connectivity index (χ0v) is 14.8. The molecule has 0 aromatic rings. The van der Waals surface area contributed by atoms with Gasteiger partial charge in [0.2, 0.25) is 0 Å². The first-order valence-electron chi connectivity index (χ1n) is 4.53. The second kappa shape index (κ2) is 7.11. The minimum atomic E-state index is -2.13. The van der Waals surface area contributed by atoms with Gasteiger partial charge in [-0.2, -0.15) is 0 Å². The standard InChI is InChI=1S/C7H16BNSi.3ClH.Zr/c1-7-8-5-6-9(7)10(2,3)4;;;;/h5-6H2,1-4H3;3*1H;/q;;;;+3/p-3. The molecule has 0 saturated carbocycles. The van der Waals surface area contributed by atoms with Gasteiger partial charge < -0.3 is 0 Å². The van der Waals surface area contributed by atoms with Crippen LogP contribution < -0.4 is 0 Å². The molecule has 14 heavy (non-hydrogen) atoms. The fourth-order valence-corrected chi connectivity index (χ4v) is 3.50. The van der Waals surface area contributed by atoms with E-state index in [2.05, 4.69) is 38.1 Å². The van der Waals surface area contributed by atoms with Crippen LogP contribution in [0, 0.1) is 0 Å². The van der Waals surface area contributed by atoms with E-state index in [9.17, 15) is 0 Å². The maximum absolute atomic E-state index is 5.00. The summed E-state index contributed by atoms with van der Waals surface area (Å²) in [5, 5.41) is 0. The Labute approximate surface area is 107 Å². The normalized spacial score (nSPS) is 15.4. The summed E-state index contributed by atoms with van der Waals surface area (Å²) >= 11 is -2.13. The van der Waals surface area contributed by atoms with Crippen molar-refractivity contribution in [2.75, 3.05) is 6.54 Å². The molecule has 0 unspecified atom stereocenters. The van der Waals surface area contributed by atoms with Crippen LogP contribution in [0.25, 0.3) is 0 Å². The van der Waals surface area contributed by atoms with E-state index in [1.165, 1.54) is 18.5 Å². The van der Waals surface area contributed by atoms with Gasteiger partial charge in [-0.1, -0.05) is 0 Å². The third-order valence-corrected chi connectivity index (χ3v) is 4.22. The van der Waals surface area contributed by atoms with Crippen molar-refractivity contribution in [3.05, 3.63) is 0 Å². The zero-order chi connectivity index (χ0) is 11.4. The van der Waals surface area contributed by atoms with Crippen LogP contribution in [0.4, 0.5) is 0 Å². The predicted molar refractivity (Wildman–Crippen MR) is 68.9 cm³/mol. The minimum absolute atomic E-state index is 1.02. The number of hydrogen-bond acceptors (Lipinski definition) is 1. The third kappa shape index (κ3) is 7.06. The number of hydrogen-bond donors (Lipinski definition) is 0. The summed E-state index contributed by atoms with van der Waals surface area (Å²) in [6.45, 7) is 13.0. The maximum atomic E-state index is 5.00. The van der Waals surface area contributed by atoms with Crippen LogP contribution in [0.5, 0.6) is 0 Å². The number of rotatable bonds is 1. The Bertz CT molecular complexity index is 205. The Morgan fingerprint density at radius 3 is 1.86 bits per heavy atom. The van der Waals surface area contributed by atoms with Gasteiger partial charge >= 0.3 is 108 Å². The molecule has 1 nitrogen and oxygen atoms in total. The van der Waals surface area contributed by atoms with Gasteiger partial charge in [0.1, 0.15) is 0 Å². The summed E-state index contributed by atoms with van der Waals surface area (Å²) < 4.78 is 2.59. The summed E-state index contributed by atoms with van der Waals surface area (Å²) in [5.41, 5.74) is 1.50. The Kier molecular flexibility index (Phi) is 7.98. The molecule has 0 amide bonds.